The minimum absolute atomic E-state index is 0. The number of rotatable bonds is 9. The first-order chi connectivity index (χ1) is 10.8. The topological polar surface area (TPSA) is 22.9 Å². The molecule has 0 heterocycles. The van der Waals surface area contributed by atoms with Gasteiger partial charge in [0.2, 0.25) is 0 Å². The van der Waals surface area contributed by atoms with E-state index in [0.29, 0.717) is 12.5 Å². The van der Waals surface area contributed by atoms with Crippen LogP contribution in [0.1, 0.15) is 5.56 Å². The van der Waals surface area contributed by atoms with E-state index in [0.717, 1.165) is 31.1 Å². The normalized spacial score (nSPS) is 11.4. The number of hydrogen-bond acceptors (Lipinski definition) is 2. The quantitative estimate of drug-likeness (QED) is 0.607. The first kappa shape index (κ1) is 19.6. The Kier molecular flexibility index (Phi) is 9.53. The Bertz CT molecular complexity index is 552. The highest BCUT2D eigenvalue weighted by Gasteiger charge is 2.10. The number of para-hydroxylation sites is 2. The Labute approximate surface area is 149 Å². The summed E-state index contributed by atoms with van der Waals surface area (Å²) in [5.41, 5.74) is 1.32. The van der Waals surface area contributed by atoms with Crippen LogP contribution in [0, 0.1) is 0 Å². The van der Waals surface area contributed by atoms with Crippen molar-refractivity contribution in [1.29, 1.82) is 0 Å². The number of benzene rings is 2. The molecule has 0 saturated heterocycles. The number of hydrogen-bond donors (Lipinski definition) is 1. The lowest BCUT2D eigenvalue weighted by Gasteiger charge is -2.19. The zero-order valence-corrected chi connectivity index (χ0v) is 14.8. The Balaban J connectivity index is 0.00000264. The van der Waals surface area contributed by atoms with Crippen molar-refractivity contribution in [1.82, 2.24) is 0 Å². The fourth-order valence-electron chi connectivity index (χ4n) is 2.36. The molecule has 0 aliphatic carbocycles. The van der Waals surface area contributed by atoms with Gasteiger partial charge in [-0.2, -0.15) is 0 Å². The van der Waals surface area contributed by atoms with Crippen LogP contribution in [0.2, 0.25) is 0 Å². The number of halogens is 2. The molecule has 1 atom stereocenters. The molecule has 0 fully saturated rings. The maximum atomic E-state index is 5.92. The lowest BCUT2D eigenvalue weighted by Crippen LogP contribution is -3.11. The van der Waals surface area contributed by atoms with Crippen molar-refractivity contribution in [3.8, 4) is 11.5 Å². The molecule has 0 amide bonds. The summed E-state index contributed by atoms with van der Waals surface area (Å²) in [5, 5.41) is 0. The maximum Gasteiger partial charge on any atom is 0.161 e. The van der Waals surface area contributed by atoms with Gasteiger partial charge in [0.1, 0.15) is 19.7 Å². The molecule has 0 aliphatic heterocycles. The van der Waals surface area contributed by atoms with E-state index in [2.05, 4.69) is 24.3 Å². The van der Waals surface area contributed by atoms with Gasteiger partial charge in [-0.15, -0.1) is 11.6 Å². The molecule has 2 rings (SSSR count). The highest BCUT2D eigenvalue weighted by molar-refractivity contribution is 6.17. The van der Waals surface area contributed by atoms with Gasteiger partial charge in [-0.3, -0.25) is 0 Å². The van der Waals surface area contributed by atoms with Crippen LogP contribution in [0.5, 0.6) is 11.5 Å². The fraction of sp³-hybridized carbons (Fsp3) is 0.333. The number of ether oxygens (including phenoxy) is 2. The SMILES string of the molecule is COc1ccccc1OCC[NH+](CCCl)Cc1ccccc1.[Cl-]. The minimum atomic E-state index is 0. The van der Waals surface area contributed by atoms with Crippen LogP contribution in [0.4, 0.5) is 0 Å². The number of quaternary nitrogens is 1. The second-order valence-electron chi connectivity index (χ2n) is 5.10. The van der Waals surface area contributed by atoms with Gasteiger partial charge in [0, 0.05) is 5.56 Å². The van der Waals surface area contributed by atoms with Crippen molar-refractivity contribution < 1.29 is 26.8 Å². The van der Waals surface area contributed by atoms with Crippen LogP contribution in [-0.4, -0.2) is 32.7 Å². The molecule has 0 spiro atoms. The predicted molar refractivity (Wildman–Crippen MR) is 90.1 cm³/mol. The van der Waals surface area contributed by atoms with E-state index in [4.69, 9.17) is 21.1 Å². The molecule has 0 aliphatic rings. The second kappa shape index (κ2) is 11.2. The standard InChI is InChI=1S/C18H22ClNO2.ClH/c1-21-17-9-5-6-10-18(17)22-14-13-20(12-11-19)15-16-7-3-2-4-8-16;/h2-10H,11-15H2,1H3;1H. The van der Waals surface area contributed by atoms with Crippen LogP contribution in [-0.2, 0) is 6.54 Å². The summed E-state index contributed by atoms with van der Waals surface area (Å²) in [6.07, 6.45) is 0. The van der Waals surface area contributed by atoms with Crippen LogP contribution in [0.15, 0.2) is 54.6 Å². The third-order valence-electron chi connectivity index (χ3n) is 3.53. The van der Waals surface area contributed by atoms with Crippen molar-refractivity contribution in [2.75, 3.05) is 32.7 Å². The molecule has 3 nitrogen and oxygen atoms in total. The molecule has 5 heteroatoms. The average molecular weight is 356 g/mol. The summed E-state index contributed by atoms with van der Waals surface area (Å²) in [4.78, 5) is 1.41. The molecule has 1 unspecified atom stereocenters. The van der Waals surface area contributed by atoms with Crippen LogP contribution < -0.4 is 26.8 Å². The van der Waals surface area contributed by atoms with Gasteiger partial charge in [0.25, 0.3) is 0 Å². The number of alkyl halides is 1. The van der Waals surface area contributed by atoms with Gasteiger partial charge in [0.15, 0.2) is 11.5 Å². The van der Waals surface area contributed by atoms with Crippen LogP contribution >= 0.6 is 11.6 Å². The van der Waals surface area contributed by atoms with Crippen LogP contribution in [0.3, 0.4) is 0 Å². The van der Waals surface area contributed by atoms with Gasteiger partial charge in [-0.1, -0.05) is 42.5 Å². The molecule has 126 valence electrons. The number of methoxy groups -OCH3 is 1. The van der Waals surface area contributed by atoms with Crippen LogP contribution in [0.25, 0.3) is 0 Å². The van der Waals surface area contributed by atoms with Crippen molar-refractivity contribution in [3.63, 3.8) is 0 Å². The summed E-state index contributed by atoms with van der Waals surface area (Å²) in [5.74, 6) is 2.20. The van der Waals surface area contributed by atoms with Gasteiger partial charge in [0.05, 0.1) is 19.5 Å². The van der Waals surface area contributed by atoms with E-state index < -0.39 is 0 Å². The lowest BCUT2D eigenvalue weighted by atomic mass is 10.2. The van der Waals surface area contributed by atoms with E-state index in [1.807, 2.05) is 30.3 Å². The van der Waals surface area contributed by atoms with Crippen molar-refractivity contribution in [2.45, 2.75) is 6.54 Å². The Morgan fingerprint density at radius 1 is 0.913 bits per heavy atom. The Hall–Kier alpha value is -1.42. The van der Waals surface area contributed by atoms with Crippen molar-refractivity contribution >= 4 is 11.6 Å². The third-order valence-corrected chi connectivity index (χ3v) is 3.72. The molecule has 0 bridgehead atoms. The van der Waals surface area contributed by atoms with Gasteiger partial charge >= 0.3 is 0 Å². The Morgan fingerprint density at radius 3 is 2.22 bits per heavy atom. The predicted octanol–water partition coefficient (Wildman–Crippen LogP) is -0.598. The molecular weight excluding hydrogens is 333 g/mol. The average Bonchev–Trinajstić information content (AvgIpc) is 2.56. The third kappa shape index (κ3) is 6.69. The zero-order chi connectivity index (χ0) is 15.6. The minimum Gasteiger partial charge on any atom is -1.00 e. The molecule has 2 aromatic carbocycles. The molecule has 0 aromatic heterocycles. The first-order valence-corrected chi connectivity index (χ1v) is 8.06. The maximum absolute atomic E-state index is 5.92. The summed E-state index contributed by atoms with van der Waals surface area (Å²) in [7, 11) is 1.66. The molecule has 23 heavy (non-hydrogen) atoms. The van der Waals surface area contributed by atoms with E-state index >= 15 is 0 Å². The molecular formula is C18H23Cl2NO2. The van der Waals surface area contributed by atoms with Crippen molar-refractivity contribution in [3.05, 3.63) is 60.2 Å². The van der Waals surface area contributed by atoms with Gasteiger partial charge in [-0.25, -0.2) is 0 Å². The molecule has 2 aromatic rings. The smallest absolute Gasteiger partial charge is 0.161 e. The van der Waals surface area contributed by atoms with E-state index in [9.17, 15) is 0 Å². The number of nitrogens with one attached hydrogen (secondary N) is 1. The Morgan fingerprint density at radius 2 is 1.57 bits per heavy atom. The highest BCUT2D eigenvalue weighted by Crippen LogP contribution is 2.25. The monoisotopic (exact) mass is 355 g/mol. The van der Waals surface area contributed by atoms with E-state index in [1.54, 1.807) is 7.11 Å². The molecule has 0 saturated carbocycles. The first-order valence-electron chi connectivity index (χ1n) is 7.52. The van der Waals surface area contributed by atoms with Gasteiger partial charge in [-0.05, 0) is 12.1 Å². The molecule has 0 radical (unpaired) electrons. The summed E-state index contributed by atoms with van der Waals surface area (Å²) >= 11 is 5.92. The largest absolute Gasteiger partial charge is 1.00 e. The van der Waals surface area contributed by atoms with Crippen molar-refractivity contribution in [2.24, 2.45) is 0 Å². The lowest BCUT2D eigenvalue weighted by molar-refractivity contribution is -0.911. The summed E-state index contributed by atoms with van der Waals surface area (Å²) < 4.78 is 11.1. The van der Waals surface area contributed by atoms with E-state index in [-0.39, 0.29) is 12.4 Å². The molecule has 1 N–H and O–H groups in total. The summed E-state index contributed by atoms with van der Waals surface area (Å²) in [6, 6.07) is 18.2. The highest BCUT2D eigenvalue weighted by atomic mass is 35.5. The fourth-order valence-corrected chi connectivity index (χ4v) is 2.63. The zero-order valence-electron chi connectivity index (χ0n) is 13.3. The van der Waals surface area contributed by atoms with E-state index in [1.165, 1.54) is 10.5 Å². The second-order valence-corrected chi connectivity index (χ2v) is 5.48. The van der Waals surface area contributed by atoms with Gasteiger partial charge < -0.3 is 26.8 Å². The summed E-state index contributed by atoms with van der Waals surface area (Å²) in [6.45, 7) is 3.42.